The second-order valence-electron chi connectivity index (χ2n) is 7.87. The van der Waals surface area contributed by atoms with Crippen LogP contribution in [0.2, 0.25) is 0 Å². The molecule has 2 aromatic rings. The zero-order valence-corrected chi connectivity index (χ0v) is 18.7. The fourth-order valence-electron chi connectivity index (χ4n) is 4.25. The average molecular weight is 447 g/mol. The van der Waals surface area contributed by atoms with E-state index in [1.165, 1.54) is 11.3 Å². The Morgan fingerprint density at radius 2 is 1.87 bits per heavy atom. The summed E-state index contributed by atoms with van der Waals surface area (Å²) in [5.41, 5.74) is 4.31. The van der Waals surface area contributed by atoms with Crippen molar-refractivity contribution < 1.29 is 14.6 Å². The first kappa shape index (κ1) is 23.2. The molecule has 2 heterocycles. The van der Waals surface area contributed by atoms with Gasteiger partial charge >= 0.3 is 0 Å². The van der Waals surface area contributed by atoms with Crippen LogP contribution < -0.4 is 20.3 Å². The van der Waals surface area contributed by atoms with E-state index in [1.54, 1.807) is 7.11 Å². The Morgan fingerprint density at radius 3 is 2.65 bits per heavy atom. The molecule has 0 bridgehead atoms. The Morgan fingerprint density at radius 1 is 1.10 bits per heavy atom. The summed E-state index contributed by atoms with van der Waals surface area (Å²) in [7, 11) is 1.65. The van der Waals surface area contributed by atoms with Crippen LogP contribution in [0.4, 0.5) is 17.1 Å². The molecule has 1 atom stereocenters. The van der Waals surface area contributed by atoms with Crippen molar-refractivity contribution in [1.29, 1.82) is 0 Å². The topological polar surface area (TPSA) is 77.1 Å². The molecule has 3 N–H and O–H groups in total. The third-order valence-corrected chi connectivity index (χ3v) is 5.84. The number of aliphatic hydroxyl groups excluding tert-OH is 1. The van der Waals surface area contributed by atoms with Crippen LogP contribution in [0.3, 0.4) is 0 Å². The maximum atomic E-state index is 11.7. The number of hydrogen-bond donors (Lipinski definition) is 3. The third-order valence-electron chi connectivity index (χ3n) is 5.84. The minimum Gasteiger partial charge on any atom is -0.495 e. The molecule has 1 unspecified atom stereocenters. The fraction of sp³-hybridized carbons (Fsp3) is 0.435. The van der Waals surface area contributed by atoms with Gasteiger partial charge in [0.25, 0.3) is 0 Å². The standard InChI is InChI=1S/C23H30N4O3.ClH/c1-30-22-8-3-2-5-20(22)24-15-17(28)16-26-11-13-27(14-12-26)21-7-4-6-19-18(21)9-10-23(29)25-19;/h2-8,17,24,28H,9-16H2,1H3,(H,25,29);1H. The van der Waals surface area contributed by atoms with Gasteiger partial charge in [0.1, 0.15) is 5.75 Å². The Labute approximate surface area is 189 Å². The monoisotopic (exact) mass is 446 g/mol. The zero-order valence-electron chi connectivity index (χ0n) is 17.8. The number of para-hydroxylation sites is 2. The summed E-state index contributed by atoms with van der Waals surface area (Å²) in [6, 6.07) is 13.9. The molecule has 0 aliphatic carbocycles. The van der Waals surface area contributed by atoms with E-state index in [2.05, 4.69) is 26.5 Å². The second-order valence-corrected chi connectivity index (χ2v) is 7.87. The number of halogens is 1. The van der Waals surface area contributed by atoms with E-state index in [4.69, 9.17) is 4.74 Å². The van der Waals surface area contributed by atoms with Crippen molar-refractivity contribution in [2.24, 2.45) is 0 Å². The molecule has 31 heavy (non-hydrogen) atoms. The van der Waals surface area contributed by atoms with E-state index >= 15 is 0 Å². The van der Waals surface area contributed by atoms with E-state index in [9.17, 15) is 9.90 Å². The van der Waals surface area contributed by atoms with Crippen LogP contribution in [-0.2, 0) is 11.2 Å². The molecule has 1 saturated heterocycles. The highest BCUT2D eigenvalue weighted by molar-refractivity contribution is 5.95. The lowest BCUT2D eigenvalue weighted by Crippen LogP contribution is -2.49. The number of rotatable bonds is 7. The van der Waals surface area contributed by atoms with Crippen LogP contribution >= 0.6 is 12.4 Å². The van der Waals surface area contributed by atoms with E-state index < -0.39 is 6.10 Å². The minimum atomic E-state index is -0.457. The lowest BCUT2D eigenvalue weighted by molar-refractivity contribution is -0.116. The highest BCUT2D eigenvalue weighted by Gasteiger charge is 2.24. The zero-order chi connectivity index (χ0) is 20.9. The molecule has 0 aromatic heterocycles. The molecule has 1 fully saturated rings. The summed E-state index contributed by atoms with van der Waals surface area (Å²) in [6.07, 6.45) is 0.890. The maximum Gasteiger partial charge on any atom is 0.224 e. The molecule has 2 aliphatic heterocycles. The van der Waals surface area contributed by atoms with Gasteiger partial charge in [0.2, 0.25) is 5.91 Å². The quantitative estimate of drug-likeness (QED) is 0.607. The van der Waals surface area contributed by atoms with Gasteiger partial charge in [-0.05, 0) is 36.2 Å². The number of piperazine rings is 1. The number of β-amino-alcohol motifs (C(OH)–C–C–N with tert-alkyl or cyclic N) is 1. The summed E-state index contributed by atoms with van der Waals surface area (Å²) < 4.78 is 5.34. The third kappa shape index (κ3) is 5.61. The summed E-state index contributed by atoms with van der Waals surface area (Å²) >= 11 is 0. The number of carbonyl (C=O) groups is 1. The summed E-state index contributed by atoms with van der Waals surface area (Å²) in [6.45, 7) is 4.75. The SMILES string of the molecule is COc1ccccc1NCC(O)CN1CCN(c2cccc3c2CCC(=O)N3)CC1.Cl. The summed E-state index contributed by atoms with van der Waals surface area (Å²) in [5, 5.41) is 16.8. The van der Waals surface area contributed by atoms with Gasteiger partial charge in [-0.1, -0.05) is 18.2 Å². The normalized spacial score (nSPS) is 17.2. The minimum absolute atomic E-state index is 0. The molecule has 2 aromatic carbocycles. The molecule has 2 aliphatic rings. The molecule has 8 heteroatoms. The van der Waals surface area contributed by atoms with Gasteiger partial charge in [-0.15, -0.1) is 12.4 Å². The van der Waals surface area contributed by atoms with Crippen molar-refractivity contribution in [3.63, 3.8) is 0 Å². The van der Waals surface area contributed by atoms with Crippen LogP contribution in [0.1, 0.15) is 12.0 Å². The Balaban J connectivity index is 0.00000272. The molecule has 1 amide bonds. The Hall–Kier alpha value is -2.48. The molecule has 0 spiro atoms. The van der Waals surface area contributed by atoms with E-state index in [-0.39, 0.29) is 18.3 Å². The predicted molar refractivity (Wildman–Crippen MR) is 127 cm³/mol. The first-order chi connectivity index (χ1) is 14.6. The van der Waals surface area contributed by atoms with Gasteiger partial charge in [0, 0.05) is 57.1 Å². The van der Waals surface area contributed by atoms with E-state index in [0.29, 0.717) is 19.5 Å². The molecule has 168 valence electrons. The number of anilines is 3. The molecular formula is C23H31ClN4O3. The number of fused-ring (bicyclic) bond motifs is 1. The average Bonchev–Trinajstić information content (AvgIpc) is 2.78. The van der Waals surface area contributed by atoms with Crippen LogP contribution in [0.5, 0.6) is 5.75 Å². The van der Waals surface area contributed by atoms with Crippen LogP contribution in [0.15, 0.2) is 42.5 Å². The van der Waals surface area contributed by atoms with Gasteiger partial charge in [-0.3, -0.25) is 9.69 Å². The number of aliphatic hydroxyl groups is 1. The molecule has 4 rings (SSSR count). The van der Waals surface area contributed by atoms with Gasteiger partial charge < -0.3 is 25.4 Å². The lowest BCUT2D eigenvalue weighted by atomic mass is 10.00. The lowest BCUT2D eigenvalue weighted by Gasteiger charge is -2.38. The number of nitrogens with one attached hydrogen (secondary N) is 2. The number of nitrogens with zero attached hydrogens (tertiary/aromatic N) is 2. The van der Waals surface area contributed by atoms with Gasteiger partial charge in [0.05, 0.1) is 18.9 Å². The number of amides is 1. The highest BCUT2D eigenvalue weighted by Crippen LogP contribution is 2.32. The second kappa shape index (κ2) is 10.7. The van der Waals surface area contributed by atoms with E-state index in [0.717, 1.165) is 49.7 Å². The van der Waals surface area contributed by atoms with Crippen LogP contribution in [-0.4, -0.2) is 68.4 Å². The first-order valence-electron chi connectivity index (χ1n) is 10.6. The molecule has 7 nitrogen and oxygen atoms in total. The first-order valence-corrected chi connectivity index (χ1v) is 10.6. The fourth-order valence-corrected chi connectivity index (χ4v) is 4.25. The molecule has 0 radical (unpaired) electrons. The van der Waals surface area contributed by atoms with Crippen molar-refractivity contribution in [3.8, 4) is 5.75 Å². The van der Waals surface area contributed by atoms with Crippen molar-refractivity contribution in [2.45, 2.75) is 18.9 Å². The summed E-state index contributed by atoms with van der Waals surface area (Å²) in [5.74, 6) is 0.876. The molecule has 0 saturated carbocycles. The smallest absolute Gasteiger partial charge is 0.224 e. The van der Waals surface area contributed by atoms with Gasteiger partial charge in [0.15, 0.2) is 0 Å². The highest BCUT2D eigenvalue weighted by atomic mass is 35.5. The van der Waals surface area contributed by atoms with Gasteiger partial charge in [-0.25, -0.2) is 0 Å². The van der Waals surface area contributed by atoms with Crippen molar-refractivity contribution in [2.75, 3.05) is 61.9 Å². The number of ether oxygens (including phenoxy) is 1. The number of hydrogen-bond acceptors (Lipinski definition) is 6. The Kier molecular flexibility index (Phi) is 8.01. The number of methoxy groups -OCH3 is 1. The van der Waals surface area contributed by atoms with Crippen molar-refractivity contribution in [1.82, 2.24) is 4.90 Å². The van der Waals surface area contributed by atoms with Crippen LogP contribution in [0.25, 0.3) is 0 Å². The van der Waals surface area contributed by atoms with Crippen LogP contribution in [0, 0.1) is 0 Å². The van der Waals surface area contributed by atoms with Gasteiger partial charge in [-0.2, -0.15) is 0 Å². The number of benzene rings is 2. The summed E-state index contributed by atoms with van der Waals surface area (Å²) in [4.78, 5) is 16.4. The Bertz CT molecular complexity index is 887. The predicted octanol–water partition coefficient (Wildman–Crippen LogP) is 2.60. The van der Waals surface area contributed by atoms with E-state index in [1.807, 2.05) is 36.4 Å². The number of carbonyl (C=O) groups excluding carboxylic acids is 1. The van der Waals surface area contributed by atoms with Crippen molar-refractivity contribution in [3.05, 3.63) is 48.0 Å². The largest absolute Gasteiger partial charge is 0.495 e. The maximum absolute atomic E-state index is 11.7. The van der Waals surface area contributed by atoms with Crippen molar-refractivity contribution >= 4 is 35.4 Å². The molecular weight excluding hydrogens is 416 g/mol.